The highest BCUT2D eigenvalue weighted by atomic mass is 19.1. The van der Waals surface area contributed by atoms with E-state index in [9.17, 15) is 23.9 Å². The zero-order valence-corrected chi connectivity index (χ0v) is 23.5. The summed E-state index contributed by atoms with van der Waals surface area (Å²) in [7, 11) is 1.42. The third-order valence-electron chi connectivity index (χ3n) is 6.96. The standard InChI is InChI=1S/C31H35FN4O6/c1-41-29-18-21(9-11-26(29)36(31(33)40)25-8-4-3-7-24(25)32)17-23(37)20-34-13-16-42-28-12-10-22(30(38)39)19-27(28)35-14-5-2-6-15-35/h3-4,7-12,18-19,34H,2,5-6,13-17,20H2,1H3,(H2,33,40)(H,38,39). The van der Waals surface area contributed by atoms with Crippen LogP contribution in [0.5, 0.6) is 11.5 Å². The van der Waals surface area contributed by atoms with Crippen LogP contribution < -0.4 is 30.3 Å². The summed E-state index contributed by atoms with van der Waals surface area (Å²) in [5.41, 5.74) is 7.44. The number of carbonyl (C=O) groups excluding carboxylic acids is 2. The maximum Gasteiger partial charge on any atom is 0.335 e. The molecule has 11 heteroatoms. The summed E-state index contributed by atoms with van der Waals surface area (Å²) in [5, 5.41) is 12.5. The van der Waals surface area contributed by atoms with Crippen LogP contribution in [0.15, 0.2) is 60.7 Å². The van der Waals surface area contributed by atoms with E-state index in [2.05, 4.69) is 10.2 Å². The molecular weight excluding hydrogens is 543 g/mol. The minimum atomic E-state index is -0.984. The van der Waals surface area contributed by atoms with E-state index < -0.39 is 17.8 Å². The van der Waals surface area contributed by atoms with Crippen LogP contribution in [0, 0.1) is 5.82 Å². The molecule has 1 heterocycles. The zero-order chi connectivity index (χ0) is 30.1. The Hall–Kier alpha value is -4.64. The van der Waals surface area contributed by atoms with Crippen molar-refractivity contribution in [2.24, 2.45) is 5.73 Å². The van der Waals surface area contributed by atoms with Gasteiger partial charge in [-0.2, -0.15) is 0 Å². The van der Waals surface area contributed by atoms with Crippen LogP contribution >= 0.6 is 0 Å². The van der Waals surface area contributed by atoms with E-state index in [1.807, 2.05) is 0 Å². The Morgan fingerprint density at radius 2 is 1.76 bits per heavy atom. The van der Waals surface area contributed by atoms with Gasteiger partial charge in [0.1, 0.15) is 23.9 Å². The molecule has 1 saturated heterocycles. The monoisotopic (exact) mass is 578 g/mol. The number of hydrogen-bond acceptors (Lipinski definition) is 7. The van der Waals surface area contributed by atoms with Gasteiger partial charge in [-0.3, -0.25) is 9.69 Å². The lowest BCUT2D eigenvalue weighted by atomic mass is 10.1. The maximum atomic E-state index is 14.4. The predicted octanol–water partition coefficient (Wildman–Crippen LogP) is 4.52. The highest BCUT2D eigenvalue weighted by Gasteiger charge is 2.23. The number of piperidine rings is 1. The number of urea groups is 1. The molecule has 4 N–H and O–H groups in total. The van der Waals surface area contributed by atoms with Crippen molar-refractivity contribution in [3.8, 4) is 11.5 Å². The van der Waals surface area contributed by atoms with E-state index in [1.165, 1.54) is 31.4 Å². The molecule has 1 fully saturated rings. The Balaban J connectivity index is 1.32. The Labute approximate surface area is 243 Å². The van der Waals surface area contributed by atoms with E-state index in [0.29, 0.717) is 24.5 Å². The first kappa shape index (κ1) is 30.3. The number of Topliss-reactive ketones (excluding diaryl/α,β-unsaturated/α-hetero) is 1. The summed E-state index contributed by atoms with van der Waals surface area (Å²) in [6.45, 7) is 2.50. The number of carbonyl (C=O) groups is 3. The molecule has 0 saturated carbocycles. The fraction of sp³-hybridized carbons (Fsp3) is 0.323. The summed E-state index contributed by atoms with van der Waals surface area (Å²) in [6, 6.07) is 14.6. The Kier molecular flexibility index (Phi) is 10.3. The molecule has 1 aliphatic heterocycles. The van der Waals surface area contributed by atoms with Crippen molar-refractivity contribution in [3.63, 3.8) is 0 Å². The van der Waals surface area contributed by atoms with E-state index in [1.54, 1.807) is 36.4 Å². The number of rotatable bonds is 13. The summed E-state index contributed by atoms with van der Waals surface area (Å²) >= 11 is 0. The van der Waals surface area contributed by atoms with Gasteiger partial charge in [0.15, 0.2) is 5.78 Å². The number of benzene rings is 3. The van der Waals surface area contributed by atoms with Crippen molar-refractivity contribution < 1.29 is 33.4 Å². The van der Waals surface area contributed by atoms with Gasteiger partial charge >= 0.3 is 12.0 Å². The normalized spacial score (nSPS) is 13.0. The lowest BCUT2D eigenvalue weighted by Crippen LogP contribution is -2.32. The highest BCUT2D eigenvalue weighted by Crippen LogP contribution is 2.36. The third kappa shape index (κ3) is 7.55. The molecule has 222 valence electrons. The Bertz CT molecular complexity index is 1430. The minimum Gasteiger partial charge on any atom is -0.495 e. The number of carboxylic acid groups (broad SMARTS) is 1. The number of nitrogens with zero attached hydrogens (tertiary/aromatic N) is 2. The molecule has 42 heavy (non-hydrogen) atoms. The van der Waals surface area contributed by atoms with Crippen LogP contribution in [0.4, 0.5) is 26.2 Å². The molecular formula is C31H35FN4O6. The molecule has 0 bridgehead atoms. The third-order valence-corrected chi connectivity index (χ3v) is 6.96. The Morgan fingerprint density at radius 3 is 2.45 bits per heavy atom. The molecule has 0 aliphatic carbocycles. The molecule has 0 radical (unpaired) electrons. The number of aromatic carboxylic acids is 1. The average Bonchev–Trinajstić information content (AvgIpc) is 2.99. The molecule has 0 unspecified atom stereocenters. The first-order chi connectivity index (χ1) is 20.3. The van der Waals surface area contributed by atoms with Gasteiger partial charge in [0, 0.05) is 26.1 Å². The van der Waals surface area contributed by atoms with Crippen molar-refractivity contribution in [1.29, 1.82) is 0 Å². The molecule has 1 aliphatic rings. The van der Waals surface area contributed by atoms with Crippen molar-refractivity contribution in [1.82, 2.24) is 5.32 Å². The SMILES string of the molecule is COc1cc(CC(=O)CNCCOc2ccc(C(=O)O)cc2N2CCCCC2)ccc1N(C(N)=O)c1ccccc1F. The Morgan fingerprint density at radius 1 is 1.00 bits per heavy atom. The number of methoxy groups -OCH3 is 1. The molecule has 3 aromatic rings. The molecule has 10 nitrogen and oxygen atoms in total. The number of anilines is 3. The van der Waals surface area contributed by atoms with Gasteiger partial charge in [-0.05, 0) is 67.3 Å². The van der Waals surface area contributed by atoms with Gasteiger partial charge in [0.2, 0.25) is 0 Å². The summed E-state index contributed by atoms with van der Waals surface area (Å²) in [6.07, 6.45) is 3.35. The van der Waals surface area contributed by atoms with Crippen LogP contribution in [0.3, 0.4) is 0 Å². The summed E-state index contributed by atoms with van der Waals surface area (Å²) in [4.78, 5) is 39.5. The van der Waals surface area contributed by atoms with Crippen LogP contribution in [0.1, 0.15) is 35.2 Å². The fourth-order valence-corrected chi connectivity index (χ4v) is 4.92. The second kappa shape index (κ2) is 14.3. The van der Waals surface area contributed by atoms with Crippen LogP contribution in [0.2, 0.25) is 0 Å². The van der Waals surface area contributed by atoms with Gasteiger partial charge in [0.25, 0.3) is 0 Å². The van der Waals surface area contributed by atoms with Gasteiger partial charge in [0.05, 0.1) is 36.3 Å². The first-order valence-corrected chi connectivity index (χ1v) is 13.8. The molecule has 2 amide bonds. The molecule has 4 rings (SSSR count). The molecule has 0 atom stereocenters. The predicted molar refractivity (Wildman–Crippen MR) is 158 cm³/mol. The topological polar surface area (TPSA) is 134 Å². The van der Waals surface area contributed by atoms with Crippen LogP contribution in [0.25, 0.3) is 0 Å². The zero-order valence-electron chi connectivity index (χ0n) is 23.5. The number of halogens is 1. The smallest absolute Gasteiger partial charge is 0.335 e. The number of amides is 2. The first-order valence-electron chi connectivity index (χ1n) is 13.8. The van der Waals surface area contributed by atoms with Gasteiger partial charge < -0.3 is 30.5 Å². The van der Waals surface area contributed by atoms with Crippen LogP contribution in [-0.4, -0.2) is 62.8 Å². The van der Waals surface area contributed by atoms with Crippen LogP contribution in [-0.2, 0) is 11.2 Å². The summed E-state index contributed by atoms with van der Waals surface area (Å²) in [5.74, 6) is -0.801. The number of hydrogen-bond donors (Lipinski definition) is 3. The fourth-order valence-electron chi connectivity index (χ4n) is 4.92. The molecule has 0 aromatic heterocycles. The second-order valence-corrected chi connectivity index (χ2v) is 9.91. The van der Waals surface area contributed by atoms with Crippen molar-refractivity contribution in [3.05, 3.63) is 77.6 Å². The minimum absolute atomic E-state index is 0.0144. The largest absolute Gasteiger partial charge is 0.495 e. The number of ether oxygens (including phenoxy) is 2. The number of nitrogens with two attached hydrogens (primary N) is 1. The van der Waals surface area contributed by atoms with Gasteiger partial charge in [-0.15, -0.1) is 0 Å². The highest BCUT2D eigenvalue weighted by molar-refractivity contribution is 6.00. The average molecular weight is 579 g/mol. The maximum absolute atomic E-state index is 14.4. The van der Waals surface area contributed by atoms with Crippen molar-refractivity contribution in [2.75, 3.05) is 49.7 Å². The van der Waals surface area contributed by atoms with E-state index in [4.69, 9.17) is 15.2 Å². The molecule has 3 aromatic carbocycles. The lowest BCUT2D eigenvalue weighted by Gasteiger charge is -2.30. The number of ketones is 1. The van der Waals surface area contributed by atoms with Crippen molar-refractivity contribution in [2.45, 2.75) is 25.7 Å². The second-order valence-electron chi connectivity index (χ2n) is 9.91. The quantitative estimate of drug-likeness (QED) is 0.252. The van der Waals surface area contributed by atoms with E-state index in [0.717, 1.165) is 42.9 Å². The number of primary amides is 1. The summed E-state index contributed by atoms with van der Waals surface area (Å²) < 4.78 is 25.8. The van der Waals surface area contributed by atoms with E-state index >= 15 is 0 Å². The van der Waals surface area contributed by atoms with Gasteiger partial charge in [-0.25, -0.2) is 14.0 Å². The lowest BCUT2D eigenvalue weighted by molar-refractivity contribution is -0.117. The van der Waals surface area contributed by atoms with E-state index in [-0.39, 0.29) is 41.4 Å². The number of carboxylic acids is 1. The van der Waals surface area contributed by atoms with Crippen molar-refractivity contribution >= 4 is 34.8 Å². The number of nitrogens with one attached hydrogen (secondary N) is 1. The number of para-hydroxylation sites is 1. The van der Waals surface area contributed by atoms with Gasteiger partial charge in [-0.1, -0.05) is 18.2 Å². The molecule has 0 spiro atoms.